The first-order valence-electron chi connectivity index (χ1n) is 8.75. The second-order valence-corrected chi connectivity index (χ2v) is 6.05. The minimum atomic E-state index is -1.05. The molecule has 6 nitrogen and oxygen atoms in total. The Labute approximate surface area is 163 Å². The van der Waals surface area contributed by atoms with Crippen LogP contribution in [0.2, 0.25) is 0 Å². The number of carbonyl (C=O) groups is 2. The van der Waals surface area contributed by atoms with E-state index < -0.39 is 12.6 Å². The van der Waals surface area contributed by atoms with Gasteiger partial charge in [0.15, 0.2) is 6.61 Å². The number of hydrazine groups is 1. The van der Waals surface area contributed by atoms with E-state index in [1.807, 2.05) is 60.7 Å². The van der Waals surface area contributed by atoms with Crippen molar-refractivity contribution in [2.75, 3.05) is 11.6 Å². The minimum Gasteiger partial charge on any atom is -0.482 e. The minimum absolute atomic E-state index is 0.125. The largest absolute Gasteiger partial charge is 0.482 e. The van der Waals surface area contributed by atoms with Gasteiger partial charge in [0, 0.05) is 0 Å². The van der Waals surface area contributed by atoms with Crippen LogP contribution in [0.25, 0.3) is 0 Å². The summed E-state index contributed by atoms with van der Waals surface area (Å²) in [4.78, 5) is 23.3. The molecule has 0 aliphatic carbocycles. The van der Waals surface area contributed by atoms with Crippen molar-refractivity contribution in [1.82, 2.24) is 5.43 Å². The Balaban J connectivity index is 1.72. The Morgan fingerprint density at radius 2 is 1.46 bits per heavy atom. The molecule has 0 radical (unpaired) electrons. The summed E-state index contributed by atoms with van der Waals surface area (Å²) < 4.78 is 5.17. The SMILES string of the molecule is O=C(O)COc1cccc(CC(=O)NN(c2ccccc2)c2ccccc2)c1. The first-order chi connectivity index (χ1) is 13.6. The monoisotopic (exact) mass is 376 g/mol. The molecule has 0 bridgehead atoms. The van der Waals surface area contributed by atoms with E-state index in [4.69, 9.17) is 9.84 Å². The van der Waals surface area contributed by atoms with Crippen LogP contribution >= 0.6 is 0 Å². The normalized spacial score (nSPS) is 10.1. The third-order valence-electron chi connectivity index (χ3n) is 3.89. The van der Waals surface area contributed by atoms with Gasteiger partial charge in [-0.3, -0.25) is 15.2 Å². The maximum absolute atomic E-state index is 12.7. The number of carboxylic acids is 1. The molecule has 2 N–H and O–H groups in total. The van der Waals surface area contributed by atoms with Crippen LogP contribution in [0.4, 0.5) is 11.4 Å². The third kappa shape index (κ3) is 5.35. The number of aliphatic carboxylic acids is 1. The molecule has 3 rings (SSSR count). The number of para-hydroxylation sites is 2. The van der Waals surface area contributed by atoms with Gasteiger partial charge in [0.25, 0.3) is 0 Å². The van der Waals surface area contributed by atoms with Crippen molar-refractivity contribution in [2.24, 2.45) is 0 Å². The highest BCUT2D eigenvalue weighted by molar-refractivity contribution is 5.82. The molecule has 0 aliphatic heterocycles. The molecule has 3 aromatic carbocycles. The summed E-state index contributed by atoms with van der Waals surface area (Å²) in [5.74, 6) is -0.844. The number of ether oxygens (including phenoxy) is 1. The standard InChI is InChI=1S/C22H20N2O4/c25-21(15-17-8-7-13-20(14-17)28-16-22(26)27)23-24(18-9-3-1-4-10-18)19-11-5-2-6-12-19/h1-14H,15-16H2,(H,23,25)(H,26,27). The summed E-state index contributed by atoms with van der Waals surface area (Å²) in [6.07, 6.45) is 0.125. The van der Waals surface area contributed by atoms with Crippen LogP contribution in [0.5, 0.6) is 5.75 Å². The average molecular weight is 376 g/mol. The number of benzene rings is 3. The van der Waals surface area contributed by atoms with E-state index in [-0.39, 0.29) is 12.3 Å². The molecule has 0 unspecified atom stereocenters. The zero-order valence-electron chi connectivity index (χ0n) is 15.1. The van der Waals surface area contributed by atoms with Gasteiger partial charge >= 0.3 is 5.97 Å². The van der Waals surface area contributed by atoms with E-state index in [1.54, 1.807) is 29.3 Å². The Bertz CT molecular complexity index is 890. The van der Waals surface area contributed by atoms with Crippen molar-refractivity contribution in [3.05, 3.63) is 90.5 Å². The molecule has 0 atom stereocenters. The van der Waals surface area contributed by atoms with Crippen molar-refractivity contribution in [2.45, 2.75) is 6.42 Å². The van der Waals surface area contributed by atoms with Crippen LogP contribution in [-0.4, -0.2) is 23.6 Å². The Kier molecular flexibility index (Phi) is 6.25. The lowest BCUT2D eigenvalue weighted by molar-refractivity contribution is -0.139. The van der Waals surface area contributed by atoms with E-state index in [9.17, 15) is 9.59 Å². The van der Waals surface area contributed by atoms with Gasteiger partial charge in [-0.1, -0.05) is 48.5 Å². The quantitative estimate of drug-likeness (QED) is 0.588. The number of anilines is 2. The van der Waals surface area contributed by atoms with Gasteiger partial charge in [0.05, 0.1) is 17.8 Å². The van der Waals surface area contributed by atoms with Crippen LogP contribution in [0.15, 0.2) is 84.9 Å². The second-order valence-electron chi connectivity index (χ2n) is 6.05. The number of amides is 1. The van der Waals surface area contributed by atoms with E-state index in [0.717, 1.165) is 16.9 Å². The van der Waals surface area contributed by atoms with Gasteiger partial charge in [-0.15, -0.1) is 0 Å². The maximum atomic E-state index is 12.7. The fourth-order valence-corrected chi connectivity index (χ4v) is 2.67. The highest BCUT2D eigenvalue weighted by Gasteiger charge is 2.13. The molecule has 0 saturated carbocycles. The van der Waals surface area contributed by atoms with Gasteiger partial charge < -0.3 is 9.84 Å². The Hall–Kier alpha value is -3.80. The van der Waals surface area contributed by atoms with Gasteiger partial charge in [-0.25, -0.2) is 4.79 Å². The molecule has 0 aromatic heterocycles. The molecule has 0 fully saturated rings. The fraction of sp³-hybridized carbons (Fsp3) is 0.0909. The first kappa shape index (κ1) is 19.0. The maximum Gasteiger partial charge on any atom is 0.341 e. The summed E-state index contributed by atoms with van der Waals surface area (Å²) >= 11 is 0. The van der Waals surface area contributed by atoms with Gasteiger partial charge in [-0.2, -0.15) is 0 Å². The van der Waals surface area contributed by atoms with Crippen LogP contribution in [-0.2, 0) is 16.0 Å². The van der Waals surface area contributed by atoms with E-state index in [1.165, 1.54) is 0 Å². The van der Waals surface area contributed by atoms with Crippen LogP contribution in [0.1, 0.15) is 5.56 Å². The predicted octanol–water partition coefficient (Wildman–Crippen LogP) is 3.56. The third-order valence-corrected chi connectivity index (χ3v) is 3.89. The molecular formula is C22H20N2O4. The number of hydrogen-bond acceptors (Lipinski definition) is 4. The molecule has 0 aliphatic rings. The Morgan fingerprint density at radius 3 is 2.04 bits per heavy atom. The number of hydrogen-bond donors (Lipinski definition) is 2. The molecule has 0 saturated heterocycles. The van der Waals surface area contributed by atoms with Crippen molar-refractivity contribution >= 4 is 23.3 Å². The van der Waals surface area contributed by atoms with Crippen LogP contribution in [0.3, 0.4) is 0 Å². The fourth-order valence-electron chi connectivity index (χ4n) is 2.67. The lowest BCUT2D eigenvalue weighted by Gasteiger charge is -2.25. The second kappa shape index (κ2) is 9.23. The summed E-state index contributed by atoms with van der Waals surface area (Å²) in [5.41, 5.74) is 5.32. The molecular weight excluding hydrogens is 356 g/mol. The molecule has 3 aromatic rings. The van der Waals surface area contributed by atoms with Crippen molar-refractivity contribution in [1.29, 1.82) is 0 Å². The van der Waals surface area contributed by atoms with E-state index in [2.05, 4.69) is 5.43 Å². The Morgan fingerprint density at radius 1 is 0.857 bits per heavy atom. The van der Waals surface area contributed by atoms with E-state index in [0.29, 0.717) is 5.75 Å². The van der Waals surface area contributed by atoms with Gasteiger partial charge in [0.2, 0.25) is 5.91 Å². The number of rotatable bonds is 8. The zero-order valence-corrected chi connectivity index (χ0v) is 15.1. The molecule has 142 valence electrons. The zero-order chi connectivity index (χ0) is 19.8. The highest BCUT2D eigenvalue weighted by atomic mass is 16.5. The van der Waals surface area contributed by atoms with Gasteiger partial charge in [0.1, 0.15) is 5.75 Å². The van der Waals surface area contributed by atoms with Crippen LogP contribution in [0, 0.1) is 0 Å². The number of nitrogens with zero attached hydrogens (tertiary/aromatic N) is 1. The summed E-state index contributed by atoms with van der Waals surface area (Å²) in [6.45, 7) is -0.425. The smallest absolute Gasteiger partial charge is 0.341 e. The first-order valence-corrected chi connectivity index (χ1v) is 8.75. The number of nitrogens with one attached hydrogen (secondary N) is 1. The topological polar surface area (TPSA) is 78.9 Å². The summed E-state index contributed by atoms with van der Waals surface area (Å²) in [7, 11) is 0. The highest BCUT2D eigenvalue weighted by Crippen LogP contribution is 2.22. The van der Waals surface area contributed by atoms with Crippen molar-refractivity contribution in [3.63, 3.8) is 0 Å². The molecule has 1 amide bonds. The lowest BCUT2D eigenvalue weighted by atomic mass is 10.1. The number of carboxylic acid groups (broad SMARTS) is 1. The molecule has 0 spiro atoms. The number of carbonyl (C=O) groups excluding carboxylic acids is 1. The van der Waals surface area contributed by atoms with Crippen molar-refractivity contribution < 1.29 is 19.4 Å². The summed E-state index contributed by atoms with van der Waals surface area (Å²) in [6, 6.07) is 25.9. The predicted molar refractivity (Wildman–Crippen MR) is 106 cm³/mol. The molecule has 0 heterocycles. The lowest BCUT2D eigenvalue weighted by Crippen LogP contribution is -2.39. The molecule has 28 heavy (non-hydrogen) atoms. The van der Waals surface area contributed by atoms with Crippen molar-refractivity contribution in [3.8, 4) is 5.75 Å². The van der Waals surface area contributed by atoms with E-state index >= 15 is 0 Å². The average Bonchev–Trinajstić information content (AvgIpc) is 2.72. The van der Waals surface area contributed by atoms with Gasteiger partial charge in [-0.05, 0) is 42.0 Å². The van der Waals surface area contributed by atoms with Crippen LogP contribution < -0.4 is 15.2 Å². The molecule has 6 heteroatoms. The summed E-state index contributed by atoms with van der Waals surface area (Å²) in [5, 5.41) is 10.4.